The third-order valence-corrected chi connectivity index (χ3v) is 4.29. The highest BCUT2D eigenvalue weighted by molar-refractivity contribution is 7.09. The lowest BCUT2D eigenvalue weighted by Crippen LogP contribution is -2.34. The van der Waals surface area contributed by atoms with Gasteiger partial charge in [0.2, 0.25) is 5.89 Å². The summed E-state index contributed by atoms with van der Waals surface area (Å²) in [7, 11) is 0. The van der Waals surface area contributed by atoms with Gasteiger partial charge in [-0.25, -0.2) is 4.98 Å². The first kappa shape index (κ1) is 12.7. The summed E-state index contributed by atoms with van der Waals surface area (Å²) in [6.07, 6.45) is 2.33. The molecule has 0 bridgehead atoms. The van der Waals surface area contributed by atoms with E-state index < -0.39 is 0 Å². The number of aryl methyl sites for hydroxylation is 2. The molecule has 3 rings (SSSR count). The Labute approximate surface area is 116 Å². The first-order chi connectivity index (χ1) is 9.20. The zero-order valence-electron chi connectivity index (χ0n) is 11.3. The van der Waals surface area contributed by atoms with E-state index in [0.717, 1.165) is 36.9 Å². The predicted octanol–water partition coefficient (Wildman–Crippen LogP) is 2.52. The fourth-order valence-electron chi connectivity index (χ4n) is 2.60. The second-order valence-corrected chi connectivity index (χ2v) is 6.17. The summed E-state index contributed by atoms with van der Waals surface area (Å²) in [5.74, 6) is 1.91. The summed E-state index contributed by atoms with van der Waals surface area (Å²) in [5.41, 5.74) is 1.17. The summed E-state index contributed by atoms with van der Waals surface area (Å²) < 4.78 is 5.08. The van der Waals surface area contributed by atoms with Crippen LogP contribution in [0.5, 0.6) is 0 Å². The fraction of sp³-hybridized carbons (Fsp3) is 0.615. The van der Waals surface area contributed by atoms with Crippen molar-refractivity contribution in [2.45, 2.75) is 39.2 Å². The van der Waals surface area contributed by atoms with Gasteiger partial charge in [-0.1, -0.05) is 5.16 Å². The maximum atomic E-state index is 5.08. The first-order valence-electron chi connectivity index (χ1n) is 6.64. The molecule has 0 saturated carbocycles. The lowest BCUT2D eigenvalue weighted by molar-refractivity contribution is 0.193. The van der Waals surface area contributed by atoms with Crippen LogP contribution in [0.1, 0.15) is 41.2 Å². The molecule has 19 heavy (non-hydrogen) atoms. The van der Waals surface area contributed by atoms with E-state index in [1.54, 1.807) is 11.3 Å². The normalized spacial score (nSPS) is 20.8. The molecule has 0 unspecified atom stereocenters. The molecule has 0 aliphatic carbocycles. The molecule has 1 aliphatic heterocycles. The van der Waals surface area contributed by atoms with Gasteiger partial charge in [0.25, 0.3) is 0 Å². The molecule has 0 amide bonds. The van der Waals surface area contributed by atoms with Crippen LogP contribution in [0.2, 0.25) is 0 Å². The third kappa shape index (κ3) is 3.01. The van der Waals surface area contributed by atoms with Gasteiger partial charge in [-0.3, -0.25) is 4.90 Å². The molecule has 2 aromatic heterocycles. The van der Waals surface area contributed by atoms with Crippen molar-refractivity contribution in [1.29, 1.82) is 0 Å². The van der Waals surface area contributed by atoms with Gasteiger partial charge in [0, 0.05) is 31.3 Å². The quantitative estimate of drug-likeness (QED) is 0.863. The number of hydrogen-bond acceptors (Lipinski definition) is 6. The molecule has 102 valence electrons. The van der Waals surface area contributed by atoms with Gasteiger partial charge in [-0.05, 0) is 26.3 Å². The molecule has 1 saturated heterocycles. The van der Waals surface area contributed by atoms with Gasteiger partial charge in [-0.2, -0.15) is 4.98 Å². The highest BCUT2D eigenvalue weighted by atomic mass is 32.1. The Hall–Kier alpha value is -1.27. The van der Waals surface area contributed by atoms with Gasteiger partial charge in [-0.15, -0.1) is 11.3 Å². The van der Waals surface area contributed by atoms with E-state index >= 15 is 0 Å². The van der Waals surface area contributed by atoms with E-state index in [-0.39, 0.29) is 0 Å². The number of hydrogen-bond donors (Lipinski definition) is 0. The molecule has 1 atom stereocenters. The van der Waals surface area contributed by atoms with Crippen LogP contribution in [0.4, 0.5) is 0 Å². The van der Waals surface area contributed by atoms with Crippen molar-refractivity contribution in [1.82, 2.24) is 20.0 Å². The smallest absolute Gasteiger partial charge is 0.223 e. The zero-order valence-corrected chi connectivity index (χ0v) is 12.1. The number of likely N-dealkylation sites (tertiary alicyclic amines) is 1. The molecule has 0 aromatic carbocycles. The van der Waals surface area contributed by atoms with Gasteiger partial charge < -0.3 is 4.52 Å². The average Bonchev–Trinajstić information content (AvgIpc) is 2.99. The highest BCUT2D eigenvalue weighted by Gasteiger charge is 2.25. The summed E-state index contributed by atoms with van der Waals surface area (Å²) in [6, 6.07) is 0. The minimum atomic E-state index is 0.394. The Morgan fingerprint density at radius 1 is 1.42 bits per heavy atom. The van der Waals surface area contributed by atoms with Gasteiger partial charge in [0.1, 0.15) is 0 Å². The maximum Gasteiger partial charge on any atom is 0.223 e. The van der Waals surface area contributed by atoms with Crippen LogP contribution in [-0.2, 0) is 6.54 Å². The van der Waals surface area contributed by atoms with Crippen molar-refractivity contribution in [2.24, 2.45) is 0 Å². The molecule has 0 N–H and O–H groups in total. The molecule has 2 aromatic rings. The second kappa shape index (κ2) is 5.38. The van der Waals surface area contributed by atoms with E-state index in [2.05, 4.69) is 32.3 Å². The molecular formula is C13H18N4OS. The van der Waals surface area contributed by atoms with Crippen LogP contribution >= 0.6 is 11.3 Å². The summed E-state index contributed by atoms with van der Waals surface area (Å²) in [6.45, 7) is 6.95. The molecule has 1 fully saturated rings. The molecule has 5 nitrogen and oxygen atoms in total. The van der Waals surface area contributed by atoms with Crippen LogP contribution in [-0.4, -0.2) is 33.1 Å². The van der Waals surface area contributed by atoms with Crippen molar-refractivity contribution < 1.29 is 4.52 Å². The third-order valence-electron chi connectivity index (χ3n) is 3.47. The molecule has 6 heteroatoms. The van der Waals surface area contributed by atoms with E-state index in [4.69, 9.17) is 4.52 Å². The molecule has 3 heterocycles. The SMILES string of the molecule is Cc1nc([C@H]2CCCN(Cc3csc(C)n3)C2)no1. The Balaban J connectivity index is 1.64. The predicted molar refractivity (Wildman–Crippen MR) is 73.1 cm³/mol. The van der Waals surface area contributed by atoms with Crippen LogP contribution in [0, 0.1) is 13.8 Å². The van der Waals surface area contributed by atoms with Crippen molar-refractivity contribution in [3.05, 3.63) is 27.8 Å². The lowest BCUT2D eigenvalue weighted by atomic mass is 9.97. The van der Waals surface area contributed by atoms with Gasteiger partial charge in [0.15, 0.2) is 5.82 Å². The van der Waals surface area contributed by atoms with Crippen molar-refractivity contribution in [2.75, 3.05) is 13.1 Å². The Morgan fingerprint density at radius 3 is 3.00 bits per heavy atom. The Morgan fingerprint density at radius 2 is 2.32 bits per heavy atom. The highest BCUT2D eigenvalue weighted by Crippen LogP contribution is 2.26. The topological polar surface area (TPSA) is 55.1 Å². The summed E-state index contributed by atoms with van der Waals surface area (Å²) in [4.78, 5) is 11.3. The lowest BCUT2D eigenvalue weighted by Gasteiger charge is -2.30. The van der Waals surface area contributed by atoms with E-state index in [1.165, 1.54) is 12.1 Å². The fourth-order valence-corrected chi connectivity index (χ4v) is 3.20. The van der Waals surface area contributed by atoms with Crippen LogP contribution in [0.15, 0.2) is 9.90 Å². The average molecular weight is 278 g/mol. The van der Waals surface area contributed by atoms with Crippen LogP contribution < -0.4 is 0 Å². The van der Waals surface area contributed by atoms with Crippen molar-refractivity contribution >= 4 is 11.3 Å². The Kier molecular flexibility index (Phi) is 3.61. The standard InChI is InChI=1S/C13H18N4OS/c1-9-14-13(16-18-9)11-4-3-5-17(6-11)7-12-8-19-10(2)15-12/h8,11H,3-7H2,1-2H3/t11-/m0/s1. The number of thiazole rings is 1. The minimum Gasteiger partial charge on any atom is -0.340 e. The minimum absolute atomic E-state index is 0.394. The van der Waals surface area contributed by atoms with Gasteiger partial charge >= 0.3 is 0 Å². The van der Waals surface area contributed by atoms with Crippen LogP contribution in [0.3, 0.4) is 0 Å². The monoisotopic (exact) mass is 278 g/mol. The molecule has 0 radical (unpaired) electrons. The molecule has 0 spiro atoms. The maximum absolute atomic E-state index is 5.08. The number of aromatic nitrogens is 3. The number of nitrogens with zero attached hydrogens (tertiary/aromatic N) is 4. The molecular weight excluding hydrogens is 260 g/mol. The van der Waals surface area contributed by atoms with E-state index in [9.17, 15) is 0 Å². The number of rotatable bonds is 3. The van der Waals surface area contributed by atoms with E-state index in [1.807, 2.05) is 6.92 Å². The number of piperidine rings is 1. The molecule has 1 aliphatic rings. The van der Waals surface area contributed by atoms with Crippen molar-refractivity contribution in [3.8, 4) is 0 Å². The largest absolute Gasteiger partial charge is 0.340 e. The first-order valence-corrected chi connectivity index (χ1v) is 7.52. The Bertz CT molecular complexity index is 550. The summed E-state index contributed by atoms with van der Waals surface area (Å²) >= 11 is 1.72. The van der Waals surface area contributed by atoms with Gasteiger partial charge in [0.05, 0.1) is 10.7 Å². The second-order valence-electron chi connectivity index (χ2n) is 5.10. The van der Waals surface area contributed by atoms with Crippen LogP contribution in [0.25, 0.3) is 0 Å². The van der Waals surface area contributed by atoms with Crippen molar-refractivity contribution in [3.63, 3.8) is 0 Å². The zero-order chi connectivity index (χ0) is 13.2. The van der Waals surface area contributed by atoms with E-state index in [0.29, 0.717) is 11.8 Å². The summed E-state index contributed by atoms with van der Waals surface area (Å²) in [5, 5.41) is 7.35.